The molecule has 0 atom stereocenters. The molecular formula is C12H16ClN5O. The lowest BCUT2D eigenvalue weighted by Crippen LogP contribution is -2.29. The number of amides is 1. The van der Waals surface area contributed by atoms with Crippen molar-refractivity contribution in [2.24, 2.45) is 5.73 Å². The van der Waals surface area contributed by atoms with Gasteiger partial charge in [0.05, 0.1) is 5.69 Å². The third-order valence-electron chi connectivity index (χ3n) is 2.55. The maximum Gasteiger partial charge on any atom is 0.251 e. The Morgan fingerprint density at radius 2 is 2.26 bits per heavy atom. The van der Waals surface area contributed by atoms with Crippen molar-refractivity contribution in [3.8, 4) is 5.69 Å². The first kappa shape index (κ1) is 15.1. The van der Waals surface area contributed by atoms with Crippen molar-refractivity contribution < 1.29 is 4.79 Å². The molecule has 7 heteroatoms. The summed E-state index contributed by atoms with van der Waals surface area (Å²) in [7, 11) is 0. The summed E-state index contributed by atoms with van der Waals surface area (Å²) in [5.41, 5.74) is 7.82. The predicted octanol–water partition coefficient (Wildman–Crippen LogP) is 0.686. The summed E-state index contributed by atoms with van der Waals surface area (Å²) < 4.78 is 1.66. The zero-order valence-electron chi connectivity index (χ0n) is 10.5. The molecule has 0 saturated heterocycles. The van der Waals surface area contributed by atoms with Crippen molar-refractivity contribution in [3.05, 3.63) is 42.0 Å². The molecule has 1 aromatic heterocycles. The van der Waals surface area contributed by atoms with Crippen LogP contribution in [0, 0.1) is 6.92 Å². The van der Waals surface area contributed by atoms with Crippen LogP contribution in [0.2, 0.25) is 0 Å². The Balaban J connectivity index is 0.00000180. The van der Waals surface area contributed by atoms with Gasteiger partial charge in [0.2, 0.25) is 0 Å². The Kier molecular flexibility index (Phi) is 5.47. The van der Waals surface area contributed by atoms with Gasteiger partial charge in [0.1, 0.15) is 12.7 Å². The van der Waals surface area contributed by atoms with E-state index in [9.17, 15) is 4.79 Å². The number of carbonyl (C=O) groups is 1. The van der Waals surface area contributed by atoms with Gasteiger partial charge in [0.25, 0.3) is 5.91 Å². The number of rotatable bonds is 4. The average molecular weight is 282 g/mol. The molecule has 3 N–H and O–H groups in total. The molecule has 19 heavy (non-hydrogen) atoms. The second-order valence-corrected chi connectivity index (χ2v) is 3.89. The smallest absolute Gasteiger partial charge is 0.251 e. The van der Waals surface area contributed by atoms with Crippen LogP contribution in [0.25, 0.3) is 5.69 Å². The molecule has 0 radical (unpaired) electrons. The van der Waals surface area contributed by atoms with Gasteiger partial charge in [-0.15, -0.1) is 12.4 Å². The van der Waals surface area contributed by atoms with Gasteiger partial charge in [-0.25, -0.2) is 9.67 Å². The lowest BCUT2D eigenvalue weighted by atomic mass is 10.1. The SMILES string of the molecule is Cc1cc(C(=O)NCCN)ccc1-n1cncn1.Cl. The molecule has 6 nitrogen and oxygen atoms in total. The Morgan fingerprint density at radius 3 is 2.84 bits per heavy atom. The van der Waals surface area contributed by atoms with Crippen LogP contribution in [-0.4, -0.2) is 33.8 Å². The van der Waals surface area contributed by atoms with Crippen LogP contribution in [0.3, 0.4) is 0 Å². The van der Waals surface area contributed by atoms with Crippen LogP contribution >= 0.6 is 12.4 Å². The lowest BCUT2D eigenvalue weighted by molar-refractivity contribution is 0.0954. The summed E-state index contributed by atoms with van der Waals surface area (Å²) in [5.74, 6) is -0.117. The summed E-state index contributed by atoms with van der Waals surface area (Å²) in [6.45, 7) is 2.83. The quantitative estimate of drug-likeness (QED) is 0.863. The van der Waals surface area contributed by atoms with Gasteiger partial charge in [-0.2, -0.15) is 5.10 Å². The lowest BCUT2D eigenvalue weighted by Gasteiger charge is -2.08. The number of carbonyl (C=O) groups excluding carboxylic acids is 1. The molecule has 0 fully saturated rings. The number of aryl methyl sites for hydroxylation is 1. The first-order chi connectivity index (χ1) is 8.72. The van der Waals surface area contributed by atoms with E-state index in [-0.39, 0.29) is 18.3 Å². The number of nitrogens with two attached hydrogens (primary N) is 1. The summed E-state index contributed by atoms with van der Waals surface area (Å²) in [5, 5.41) is 6.79. The van der Waals surface area contributed by atoms with Crippen LogP contribution in [0.4, 0.5) is 0 Å². The zero-order chi connectivity index (χ0) is 13.0. The Morgan fingerprint density at radius 1 is 1.47 bits per heavy atom. The molecule has 0 spiro atoms. The highest BCUT2D eigenvalue weighted by molar-refractivity contribution is 5.94. The number of nitrogens with one attached hydrogen (secondary N) is 1. The number of nitrogens with zero attached hydrogens (tertiary/aromatic N) is 3. The topological polar surface area (TPSA) is 85.8 Å². The Hall–Kier alpha value is -1.92. The van der Waals surface area contributed by atoms with Gasteiger partial charge < -0.3 is 11.1 Å². The monoisotopic (exact) mass is 281 g/mol. The molecule has 0 saturated carbocycles. The third-order valence-corrected chi connectivity index (χ3v) is 2.55. The highest BCUT2D eigenvalue weighted by atomic mass is 35.5. The fourth-order valence-electron chi connectivity index (χ4n) is 1.67. The number of hydrogen-bond acceptors (Lipinski definition) is 4. The van der Waals surface area contributed by atoms with Crippen molar-refractivity contribution in [1.29, 1.82) is 0 Å². The fraction of sp³-hybridized carbons (Fsp3) is 0.250. The van der Waals surface area contributed by atoms with Gasteiger partial charge in [-0.1, -0.05) is 0 Å². The molecule has 0 bridgehead atoms. The van der Waals surface area contributed by atoms with Gasteiger partial charge in [0.15, 0.2) is 0 Å². The maximum absolute atomic E-state index is 11.8. The second kappa shape index (κ2) is 6.86. The van der Waals surface area contributed by atoms with Crippen LogP contribution in [0.5, 0.6) is 0 Å². The summed E-state index contributed by atoms with van der Waals surface area (Å²) in [6.07, 6.45) is 3.10. The van der Waals surface area contributed by atoms with Crippen molar-refractivity contribution in [2.45, 2.75) is 6.92 Å². The predicted molar refractivity (Wildman–Crippen MR) is 74.7 cm³/mol. The van der Waals surface area contributed by atoms with Crippen molar-refractivity contribution >= 4 is 18.3 Å². The number of aromatic nitrogens is 3. The first-order valence-electron chi connectivity index (χ1n) is 5.66. The minimum Gasteiger partial charge on any atom is -0.351 e. The Bertz CT molecular complexity index is 541. The largest absolute Gasteiger partial charge is 0.351 e. The molecular weight excluding hydrogens is 266 g/mol. The van der Waals surface area contributed by atoms with Crippen molar-refractivity contribution in [2.75, 3.05) is 13.1 Å². The average Bonchev–Trinajstić information content (AvgIpc) is 2.89. The molecule has 1 aromatic carbocycles. The van der Waals surface area contributed by atoms with Gasteiger partial charge >= 0.3 is 0 Å². The molecule has 0 unspecified atom stereocenters. The van der Waals surface area contributed by atoms with Gasteiger partial charge in [0, 0.05) is 18.7 Å². The number of halogens is 1. The van der Waals surface area contributed by atoms with Gasteiger partial charge in [-0.05, 0) is 30.7 Å². The molecule has 2 aromatic rings. The molecule has 0 aliphatic carbocycles. The molecule has 2 rings (SSSR count). The van der Waals surface area contributed by atoms with E-state index in [1.165, 1.54) is 6.33 Å². The van der Waals surface area contributed by atoms with Crippen LogP contribution in [0.15, 0.2) is 30.9 Å². The highest BCUT2D eigenvalue weighted by Crippen LogP contribution is 2.14. The third kappa shape index (κ3) is 3.52. The van der Waals surface area contributed by atoms with E-state index in [4.69, 9.17) is 5.73 Å². The molecule has 1 heterocycles. The van der Waals surface area contributed by atoms with E-state index >= 15 is 0 Å². The van der Waals surface area contributed by atoms with E-state index in [0.29, 0.717) is 18.7 Å². The summed E-state index contributed by atoms with van der Waals surface area (Å²) >= 11 is 0. The Labute approximate surface area is 117 Å². The van der Waals surface area contributed by atoms with E-state index < -0.39 is 0 Å². The number of hydrogen-bond donors (Lipinski definition) is 2. The highest BCUT2D eigenvalue weighted by Gasteiger charge is 2.08. The normalized spacial score (nSPS) is 9.79. The van der Waals surface area contributed by atoms with Gasteiger partial charge in [-0.3, -0.25) is 4.79 Å². The molecule has 0 aliphatic rings. The van der Waals surface area contributed by atoms with Crippen LogP contribution < -0.4 is 11.1 Å². The standard InChI is InChI=1S/C12H15N5O.ClH/c1-9-6-10(12(18)15-5-4-13)2-3-11(9)17-8-14-7-16-17;/h2-3,6-8H,4-5,13H2,1H3,(H,15,18);1H. The number of benzene rings is 1. The summed E-state index contributed by atoms with van der Waals surface area (Å²) in [4.78, 5) is 15.6. The first-order valence-corrected chi connectivity index (χ1v) is 5.66. The molecule has 1 amide bonds. The molecule has 0 aliphatic heterocycles. The maximum atomic E-state index is 11.8. The van der Waals surface area contributed by atoms with Crippen molar-refractivity contribution in [1.82, 2.24) is 20.1 Å². The molecule has 102 valence electrons. The van der Waals surface area contributed by atoms with E-state index in [2.05, 4.69) is 15.4 Å². The van der Waals surface area contributed by atoms with E-state index in [1.54, 1.807) is 17.1 Å². The second-order valence-electron chi connectivity index (χ2n) is 3.89. The van der Waals surface area contributed by atoms with E-state index in [1.807, 2.05) is 19.1 Å². The summed E-state index contributed by atoms with van der Waals surface area (Å²) in [6, 6.07) is 5.43. The van der Waals surface area contributed by atoms with E-state index in [0.717, 1.165) is 11.3 Å². The minimum atomic E-state index is -0.117. The van der Waals surface area contributed by atoms with Crippen LogP contribution in [-0.2, 0) is 0 Å². The van der Waals surface area contributed by atoms with Crippen molar-refractivity contribution in [3.63, 3.8) is 0 Å². The fourth-order valence-corrected chi connectivity index (χ4v) is 1.67. The minimum absolute atomic E-state index is 0. The van der Waals surface area contributed by atoms with Crippen LogP contribution in [0.1, 0.15) is 15.9 Å². The zero-order valence-corrected chi connectivity index (χ0v) is 11.4.